The summed E-state index contributed by atoms with van der Waals surface area (Å²) in [4.78, 5) is 12.6. The zero-order valence-corrected chi connectivity index (χ0v) is 18.8. The van der Waals surface area contributed by atoms with Crippen LogP contribution in [0.5, 0.6) is 5.75 Å². The third kappa shape index (κ3) is 5.30. The van der Waals surface area contributed by atoms with Crippen molar-refractivity contribution in [1.29, 1.82) is 5.26 Å². The maximum Gasteiger partial charge on any atom is 0.314 e. The molecule has 0 amide bonds. The number of carbonyl (C=O) groups is 1. The van der Waals surface area contributed by atoms with Crippen LogP contribution in [0.1, 0.15) is 89.5 Å². The molecule has 3 aliphatic rings. The van der Waals surface area contributed by atoms with Crippen molar-refractivity contribution in [3.63, 3.8) is 0 Å². The van der Waals surface area contributed by atoms with Gasteiger partial charge in [-0.15, -0.1) is 0 Å². The molecule has 1 aromatic carbocycles. The molecule has 3 saturated carbocycles. The van der Waals surface area contributed by atoms with E-state index in [1.807, 2.05) is 6.07 Å². The minimum Gasteiger partial charge on any atom is -0.423 e. The minimum atomic E-state index is -0.647. The van der Waals surface area contributed by atoms with Crippen LogP contribution >= 0.6 is 0 Å². The van der Waals surface area contributed by atoms with Crippen molar-refractivity contribution >= 4 is 5.97 Å². The summed E-state index contributed by atoms with van der Waals surface area (Å²) in [5, 5.41) is 8.84. The molecule has 3 fully saturated rings. The van der Waals surface area contributed by atoms with Crippen LogP contribution in [0, 0.1) is 52.7 Å². The van der Waals surface area contributed by atoms with E-state index in [4.69, 9.17) is 10.00 Å². The lowest BCUT2D eigenvalue weighted by molar-refractivity contribution is -0.140. The SMILES string of the molecule is CCCC1CCC2CC(C3CCC(C(=O)Oc4ccc(C#N)cc4F)CC3)CCC2C1. The fraction of sp³-hybridized carbons (Fsp3) is 0.704. The lowest BCUT2D eigenvalue weighted by Gasteiger charge is -2.45. The van der Waals surface area contributed by atoms with Gasteiger partial charge in [-0.25, -0.2) is 4.39 Å². The predicted octanol–water partition coefficient (Wildman–Crippen LogP) is 7.04. The van der Waals surface area contributed by atoms with Crippen molar-refractivity contribution in [2.24, 2.45) is 35.5 Å². The molecule has 3 aliphatic carbocycles. The number of hydrogen-bond acceptors (Lipinski definition) is 3. The monoisotopic (exact) mass is 425 g/mol. The van der Waals surface area contributed by atoms with E-state index >= 15 is 0 Å². The molecule has 4 rings (SSSR count). The van der Waals surface area contributed by atoms with Crippen molar-refractivity contribution in [3.8, 4) is 11.8 Å². The highest BCUT2D eigenvalue weighted by Gasteiger charge is 2.39. The number of esters is 1. The van der Waals surface area contributed by atoms with Crippen molar-refractivity contribution in [3.05, 3.63) is 29.6 Å². The molecule has 31 heavy (non-hydrogen) atoms. The molecule has 0 radical (unpaired) electrons. The summed E-state index contributed by atoms with van der Waals surface area (Å²) >= 11 is 0. The van der Waals surface area contributed by atoms with Gasteiger partial charge in [-0.05, 0) is 106 Å². The van der Waals surface area contributed by atoms with Gasteiger partial charge in [0.2, 0.25) is 0 Å². The highest BCUT2D eigenvalue weighted by Crippen LogP contribution is 2.49. The number of hydrogen-bond donors (Lipinski definition) is 0. The molecule has 0 heterocycles. The van der Waals surface area contributed by atoms with Gasteiger partial charge in [-0.3, -0.25) is 4.79 Å². The van der Waals surface area contributed by atoms with Gasteiger partial charge in [0.15, 0.2) is 11.6 Å². The Hall–Kier alpha value is -1.89. The fourth-order valence-corrected chi connectivity index (χ4v) is 6.79. The normalized spacial score (nSPS) is 33.2. The summed E-state index contributed by atoms with van der Waals surface area (Å²) < 4.78 is 19.4. The summed E-state index contributed by atoms with van der Waals surface area (Å²) in [6.45, 7) is 2.32. The first-order valence-corrected chi connectivity index (χ1v) is 12.5. The second-order valence-corrected chi connectivity index (χ2v) is 10.4. The summed E-state index contributed by atoms with van der Waals surface area (Å²) in [6, 6.07) is 5.87. The van der Waals surface area contributed by atoms with Gasteiger partial charge in [-0.1, -0.05) is 26.2 Å². The maximum atomic E-state index is 14.0. The van der Waals surface area contributed by atoms with Crippen molar-refractivity contribution in [1.82, 2.24) is 0 Å². The van der Waals surface area contributed by atoms with E-state index in [9.17, 15) is 9.18 Å². The largest absolute Gasteiger partial charge is 0.423 e. The maximum absolute atomic E-state index is 14.0. The van der Waals surface area contributed by atoms with Crippen LogP contribution in [0.2, 0.25) is 0 Å². The second-order valence-electron chi connectivity index (χ2n) is 10.4. The smallest absolute Gasteiger partial charge is 0.314 e. The molecule has 1 aromatic rings. The van der Waals surface area contributed by atoms with Crippen LogP contribution in [0.15, 0.2) is 18.2 Å². The molecule has 0 aliphatic heterocycles. The average molecular weight is 426 g/mol. The number of benzene rings is 1. The quantitative estimate of drug-likeness (QED) is 0.375. The summed E-state index contributed by atoms with van der Waals surface area (Å²) in [5.74, 6) is 3.29. The third-order valence-corrected chi connectivity index (χ3v) is 8.50. The third-order valence-electron chi connectivity index (χ3n) is 8.50. The number of rotatable bonds is 5. The zero-order valence-electron chi connectivity index (χ0n) is 18.8. The molecular formula is C27H36FNO2. The molecule has 0 bridgehead atoms. The topological polar surface area (TPSA) is 50.1 Å². The lowest BCUT2D eigenvalue weighted by Crippen LogP contribution is -2.35. The predicted molar refractivity (Wildman–Crippen MR) is 119 cm³/mol. The Balaban J connectivity index is 1.25. The molecule has 4 unspecified atom stereocenters. The molecule has 4 atom stereocenters. The fourth-order valence-electron chi connectivity index (χ4n) is 6.79. The molecular weight excluding hydrogens is 389 g/mol. The molecule has 168 valence electrons. The van der Waals surface area contributed by atoms with E-state index in [1.165, 1.54) is 63.5 Å². The van der Waals surface area contributed by atoms with E-state index in [0.717, 1.165) is 61.3 Å². The van der Waals surface area contributed by atoms with Crippen LogP contribution in [0.3, 0.4) is 0 Å². The molecule has 0 aromatic heterocycles. The van der Waals surface area contributed by atoms with Crippen LogP contribution < -0.4 is 4.74 Å². The van der Waals surface area contributed by atoms with Gasteiger partial charge in [0.1, 0.15) is 0 Å². The molecule has 0 saturated heterocycles. The number of nitrogens with zero attached hydrogens (tertiary/aromatic N) is 1. The van der Waals surface area contributed by atoms with Crippen LogP contribution in [0.4, 0.5) is 4.39 Å². The Morgan fingerprint density at radius 3 is 2.32 bits per heavy atom. The summed E-state index contributed by atoms with van der Waals surface area (Å²) in [7, 11) is 0. The van der Waals surface area contributed by atoms with Crippen molar-refractivity contribution in [2.45, 2.75) is 84.0 Å². The van der Waals surface area contributed by atoms with Gasteiger partial charge in [0, 0.05) is 0 Å². The Kier molecular flexibility index (Phi) is 7.31. The van der Waals surface area contributed by atoms with Gasteiger partial charge in [-0.2, -0.15) is 5.26 Å². The van der Waals surface area contributed by atoms with E-state index in [2.05, 4.69) is 6.92 Å². The van der Waals surface area contributed by atoms with E-state index in [0.29, 0.717) is 0 Å². The van der Waals surface area contributed by atoms with Gasteiger partial charge < -0.3 is 4.74 Å². The molecule has 0 spiro atoms. The Bertz CT molecular complexity index is 808. The zero-order chi connectivity index (χ0) is 21.8. The molecule has 4 heteroatoms. The van der Waals surface area contributed by atoms with Crippen molar-refractivity contribution in [2.75, 3.05) is 0 Å². The molecule has 3 nitrogen and oxygen atoms in total. The highest BCUT2D eigenvalue weighted by molar-refractivity contribution is 5.75. The number of nitriles is 1. The minimum absolute atomic E-state index is 0.0666. The van der Waals surface area contributed by atoms with Crippen LogP contribution in [-0.4, -0.2) is 5.97 Å². The summed E-state index contributed by atoms with van der Waals surface area (Å²) in [6.07, 6.45) is 15.2. The standard InChI is InChI=1S/C27H36FNO2/c1-2-3-18-4-6-24-16-23(12-11-22(24)14-18)20-7-9-21(10-8-20)27(30)31-26-13-5-19(17-29)15-25(26)28/h5,13,15,18,20-24H,2-4,6-12,14,16H2,1H3. The van der Waals surface area contributed by atoms with Gasteiger partial charge >= 0.3 is 5.97 Å². The average Bonchev–Trinajstić information content (AvgIpc) is 2.80. The Morgan fingerprint density at radius 2 is 1.65 bits per heavy atom. The molecule has 0 N–H and O–H groups in total. The van der Waals surface area contributed by atoms with Crippen LogP contribution in [-0.2, 0) is 4.79 Å². The van der Waals surface area contributed by atoms with E-state index < -0.39 is 5.82 Å². The van der Waals surface area contributed by atoms with Crippen LogP contribution in [0.25, 0.3) is 0 Å². The number of halogens is 1. The Labute approximate surface area is 186 Å². The summed E-state index contributed by atoms with van der Waals surface area (Å²) in [5.41, 5.74) is 0.228. The van der Waals surface area contributed by atoms with E-state index in [-0.39, 0.29) is 23.2 Å². The first-order valence-electron chi connectivity index (χ1n) is 12.5. The van der Waals surface area contributed by atoms with Crippen molar-refractivity contribution < 1.29 is 13.9 Å². The Morgan fingerprint density at radius 1 is 1.00 bits per heavy atom. The van der Waals surface area contributed by atoms with Gasteiger partial charge in [0.05, 0.1) is 17.6 Å². The number of ether oxygens (including phenoxy) is 1. The first kappa shape index (κ1) is 22.3. The number of fused-ring (bicyclic) bond motifs is 1. The lowest BCUT2D eigenvalue weighted by atomic mass is 9.60. The highest BCUT2D eigenvalue weighted by atomic mass is 19.1. The second kappa shape index (κ2) is 10.2. The first-order chi connectivity index (χ1) is 15.1. The van der Waals surface area contributed by atoms with Gasteiger partial charge in [0.25, 0.3) is 0 Å². The number of carbonyl (C=O) groups excluding carboxylic acids is 1. The van der Waals surface area contributed by atoms with E-state index in [1.54, 1.807) is 0 Å².